The Morgan fingerprint density at radius 1 is 1.43 bits per heavy atom. The van der Waals surface area contributed by atoms with Gasteiger partial charge in [-0.1, -0.05) is 0 Å². The largest absolute Gasteiger partial charge is 0.462 e. The highest BCUT2D eigenvalue weighted by Gasteiger charge is 2.22. The van der Waals surface area contributed by atoms with E-state index >= 15 is 0 Å². The number of nitrogens with one attached hydrogen (secondary N) is 1. The van der Waals surface area contributed by atoms with Crippen LogP contribution in [0.1, 0.15) is 24.4 Å². The molecule has 0 amide bonds. The number of anilines is 1. The number of aliphatic hydroxyl groups is 1. The van der Waals surface area contributed by atoms with Crippen LogP contribution in [0.5, 0.6) is 0 Å². The molecular weight excluding hydrogens is 296 g/mol. The molecule has 3 rings (SSSR count). The minimum absolute atomic E-state index is 0.0632. The molecule has 124 valence electrons. The van der Waals surface area contributed by atoms with Gasteiger partial charge in [-0.25, -0.2) is 4.98 Å². The predicted molar refractivity (Wildman–Crippen MR) is 86.2 cm³/mol. The van der Waals surface area contributed by atoms with E-state index in [1.54, 1.807) is 30.1 Å². The van der Waals surface area contributed by atoms with Crippen LogP contribution in [0.15, 0.2) is 33.7 Å². The van der Waals surface area contributed by atoms with Crippen LogP contribution < -0.4 is 15.8 Å². The fourth-order valence-corrected chi connectivity index (χ4v) is 2.88. The zero-order valence-electron chi connectivity index (χ0n) is 13.2. The number of aliphatic hydroxyl groups excluding tert-OH is 1. The van der Waals surface area contributed by atoms with Gasteiger partial charge in [0, 0.05) is 38.6 Å². The number of furan rings is 1. The first-order chi connectivity index (χ1) is 11.2. The van der Waals surface area contributed by atoms with Crippen LogP contribution in [0.4, 0.5) is 5.82 Å². The Balaban J connectivity index is 1.62. The van der Waals surface area contributed by atoms with Gasteiger partial charge < -0.3 is 24.3 Å². The molecule has 7 heteroatoms. The van der Waals surface area contributed by atoms with E-state index in [9.17, 15) is 4.79 Å². The lowest BCUT2D eigenvalue weighted by Crippen LogP contribution is -2.47. The summed E-state index contributed by atoms with van der Waals surface area (Å²) in [5.74, 6) is 1.89. The van der Waals surface area contributed by atoms with Gasteiger partial charge in [0.15, 0.2) is 5.82 Å². The van der Waals surface area contributed by atoms with E-state index in [1.807, 2.05) is 11.0 Å². The molecule has 23 heavy (non-hydrogen) atoms. The summed E-state index contributed by atoms with van der Waals surface area (Å²) in [7, 11) is 1.74. The van der Waals surface area contributed by atoms with Crippen LogP contribution in [-0.2, 0) is 20.2 Å². The average molecular weight is 318 g/mol. The lowest BCUT2D eigenvalue weighted by Gasteiger charge is -2.33. The molecule has 3 heterocycles. The Kier molecular flexibility index (Phi) is 4.78. The van der Waals surface area contributed by atoms with Crippen molar-refractivity contribution in [2.45, 2.75) is 32.0 Å². The summed E-state index contributed by atoms with van der Waals surface area (Å²) in [6.07, 6.45) is 5.39. The van der Waals surface area contributed by atoms with E-state index in [0.29, 0.717) is 18.1 Å². The van der Waals surface area contributed by atoms with Crippen molar-refractivity contribution in [3.8, 4) is 0 Å². The Labute approximate surface area is 134 Å². The van der Waals surface area contributed by atoms with Crippen LogP contribution in [0, 0.1) is 0 Å². The summed E-state index contributed by atoms with van der Waals surface area (Å²) in [6.45, 7) is 2.12. The molecule has 0 bridgehead atoms. The van der Waals surface area contributed by atoms with E-state index < -0.39 is 0 Å². The van der Waals surface area contributed by atoms with Gasteiger partial charge >= 0.3 is 0 Å². The van der Waals surface area contributed by atoms with Gasteiger partial charge in [0.1, 0.15) is 18.1 Å². The maximum absolute atomic E-state index is 12.2. The topological polar surface area (TPSA) is 83.5 Å². The van der Waals surface area contributed by atoms with Crippen molar-refractivity contribution in [3.63, 3.8) is 0 Å². The number of rotatable bonds is 5. The number of nitrogens with zero attached hydrogens (tertiary/aromatic N) is 3. The van der Waals surface area contributed by atoms with E-state index in [2.05, 4.69) is 10.3 Å². The predicted octanol–water partition coefficient (Wildman–Crippen LogP) is 0.624. The van der Waals surface area contributed by atoms with Crippen molar-refractivity contribution < 1.29 is 9.52 Å². The first kappa shape index (κ1) is 15.8. The number of hydrogen-bond donors (Lipinski definition) is 2. The molecule has 1 aliphatic heterocycles. The summed E-state index contributed by atoms with van der Waals surface area (Å²) in [6, 6.07) is 3.92. The van der Waals surface area contributed by atoms with Gasteiger partial charge in [-0.15, -0.1) is 0 Å². The molecule has 1 atom stereocenters. The average Bonchev–Trinajstić information content (AvgIpc) is 3.04. The van der Waals surface area contributed by atoms with Crippen LogP contribution in [-0.4, -0.2) is 33.8 Å². The van der Waals surface area contributed by atoms with E-state index in [-0.39, 0.29) is 18.2 Å². The number of aromatic nitrogens is 2. The minimum Gasteiger partial charge on any atom is -0.462 e. The van der Waals surface area contributed by atoms with Gasteiger partial charge in [0.05, 0.1) is 6.54 Å². The second-order valence-electron chi connectivity index (χ2n) is 5.86. The molecule has 1 fully saturated rings. The van der Waals surface area contributed by atoms with Crippen LogP contribution in [0.3, 0.4) is 0 Å². The second-order valence-corrected chi connectivity index (χ2v) is 5.86. The zero-order chi connectivity index (χ0) is 16.2. The molecule has 7 nitrogen and oxygen atoms in total. The van der Waals surface area contributed by atoms with Gasteiger partial charge in [0.2, 0.25) is 0 Å². The van der Waals surface area contributed by atoms with Crippen molar-refractivity contribution in [2.24, 2.45) is 7.05 Å². The summed E-state index contributed by atoms with van der Waals surface area (Å²) in [5.41, 5.74) is -0.0632. The maximum Gasteiger partial charge on any atom is 0.293 e. The maximum atomic E-state index is 12.2. The van der Waals surface area contributed by atoms with E-state index in [0.717, 1.165) is 31.7 Å². The molecule has 2 N–H and O–H groups in total. The van der Waals surface area contributed by atoms with Crippen molar-refractivity contribution in [1.82, 2.24) is 14.9 Å². The highest BCUT2D eigenvalue weighted by molar-refractivity contribution is 5.36. The molecule has 0 unspecified atom stereocenters. The molecule has 0 saturated carbocycles. The van der Waals surface area contributed by atoms with E-state index in [1.165, 1.54) is 0 Å². The molecule has 0 radical (unpaired) electrons. The van der Waals surface area contributed by atoms with Crippen molar-refractivity contribution in [3.05, 3.63) is 46.4 Å². The molecule has 1 saturated heterocycles. The molecule has 0 aromatic carbocycles. The normalized spacial score (nSPS) is 18.3. The minimum atomic E-state index is -0.0832. The molecule has 0 spiro atoms. The Morgan fingerprint density at radius 2 is 2.26 bits per heavy atom. The summed E-state index contributed by atoms with van der Waals surface area (Å²) in [4.78, 5) is 18.5. The second kappa shape index (κ2) is 6.97. The van der Waals surface area contributed by atoms with Crippen molar-refractivity contribution in [1.29, 1.82) is 0 Å². The molecule has 2 aromatic heterocycles. The fourth-order valence-electron chi connectivity index (χ4n) is 2.88. The Bertz CT molecular complexity index is 709. The Morgan fingerprint density at radius 3 is 3.04 bits per heavy atom. The molecular formula is C16H22N4O3. The highest BCUT2D eigenvalue weighted by atomic mass is 16.4. The van der Waals surface area contributed by atoms with Gasteiger partial charge in [-0.05, 0) is 25.0 Å². The summed E-state index contributed by atoms with van der Waals surface area (Å²) in [5, 5.41) is 12.5. The van der Waals surface area contributed by atoms with E-state index in [4.69, 9.17) is 9.52 Å². The monoisotopic (exact) mass is 318 g/mol. The molecule has 1 aliphatic rings. The van der Waals surface area contributed by atoms with Crippen LogP contribution in [0.25, 0.3) is 0 Å². The number of hydrogen-bond acceptors (Lipinski definition) is 6. The van der Waals surface area contributed by atoms with Crippen LogP contribution in [0.2, 0.25) is 0 Å². The smallest absolute Gasteiger partial charge is 0.293 e. The summed E-state index contributed by atoms with van der Waals surface area (Å²) >= 11 is 0. The fraction of sp³-hybridized carbons (Fsp3) is 0.500. The van der Waals surface area contributed by atoms with Crippen LogP contribution >= 0.6 is 0 Å². The van der Waals surface area contributed by atoms with Crippen molar-refractivity contribution >= 4 is 5.82 Å². The molecule has 2 aromatic rings. The Hall–Kier alpha value is -2.12. The zero-order valence-corrected chi connectivity index (χ0v) is 13.2. The molecule has 0 aliphatic carbocycles. The third-order valence-electron chi connectivity index (χ3n) is 4.16. The van der Waals surface area contributed by atoms with Gasteiger partial charge in [-0.2, -0.15) is 0 Å². The first-order valence-electron chi connectivity index (χ1n) is 7.86. The number of aryl methyl sites for hydroxylation is 1. The number of piperidine rings is 1. The van der Waals surface area contributed by atoms with Gasteiger partial charge in [-0.3, -0.25) is 4.79 Å². The lowest BCUT2D eigenvalue weighted by atomic mass is 10.1. The first-order valence-corrected chi connectivity index (χ1v) is 7.86. The third-order valence-corrected chi connectivity index (χ3v) is 4.16. The van der Waals surface area contributed by atoms with Gasteiger partial charge in [0.25, 0.3) is 5.56 Å². The van der Waals surface area contributed by atoms with Crippen molar-refractivity contribution in [2.75, 3.05) is 18.0 Å². The quantitative estimate of drug-likeness (QED) is 0.841. The highest BCUT2D eigenvalue weighted by Crippen LogP contribution is 2.15. The lowest BCUT2D eigenvalue weighted by molar-refractivity contribution is 0.242. The standard InChI is InChI=1S/C16H22N4O3/c1-19-8-6-17-15(16(19)22)20-7-2-3-12(10-20)18-9-13-4-5-14(11-21)23-13/h4-6,8,12,18,21H,2-3,7,9-11H2,1H3/t12-/m0/s1. The third kappa shape index (κ3) is 3.62. The SMILES string of the molecule is Cn1ccnc(N2CCC[C@H](NCc3ccc(CO)o3)C2)c1=O. The summed E-state index contributed by atoms with van der Waals surface area (Å²) < 4.78 is 7.03.